The third-order valence-corrected chi connectivity index (χ3v) is 1.59. The molecule has 0 aliphatic carbocycles. The van der Waals surface area contributed by atoms with Gasteiger partial charge < -0.3 is 15.8 Å². The third-order valence-electron chi connectivity index (χ3n) is 1.59. The summed E-state index contributed by atoms with van der Waals surface area (Å²) in [5.41, 5.74) is 3.66. The van der Waals surface area contributed by atoms with Crippen LogP contribution >= 0.6 is 0 Å². The maximum Gasteiger partial charge on any atom is 0.280 e. The van der Waals surface area contributed by atoms with Crippen LogP contribution in [-0.2, 0) is 6.61 Å². The second-order valence-electron chi connectivity index (χ2n) is 2.44. The Morgan fingerprint density at radius 2 is 2.23 bits per heavy atom. The summed E-state index contributed by atoms with van der Waals surface area (Å²) in [4.78, 5) is 12.7. The molecule has 1 heterocycles. The Bertz CT molecular complexity index is 362. The summed E-state index contributed by atoms with van der Waals surface area (Å²) in [6, 6.07) is 0.987. The van der Waals surface area contributed by atoms with Gasteiger partial charge >= 0.3 is 0 Å². The van der Waals surface area contributed by atoms with Crippen LogP contribution in [0.4, 0.5) is 14.5 Å². The zero-order valence-corrected chi connectivity index (χ0v) is 6.55. The Kier molecular flexibility index (Phi) is 2.62. The first-order chi connectivity index (χ1) is 6.06. The molecule has 0 radical (unpaired) electrons. The summed E-state index contributed by atoms with van der Waals surface area (Å²) >= 11 is 0. The minimum Gasteiger partial charge on any atom is -0.397 e. The molecule has 72 valence electrons. The number of aromatic amines is 1. The predicted octanol–water partition coefficient (Wildman–Crippen LogP) is 0.387. The Hall–Kier alpha value is -1.43. The molecule has 0 aromatic carbocycles. The third kappa shape index (κ3) is 1.83. The van der Waals surface area contributed by atoms with E-state index in [-0.39, 0.29) is 11.3 Å². The van der Waals surface area contributed by atoms with E-state index in [0.29, 0.717) is 0 Å². The van der Waals surface area contributed by atoms with Crippen molar-refractivity contribution < 1.29 is 13.9 Å². The van der Waals surface area contributed by atoms with Crippen LogP contribution in [0.2, 0.25) is 0 Å². The van der Waals surface area contributed by atoms with Crippen molar-refractivity contribution in [2.45, 2.75) is 13.0 Å². The van der Waals surface area contributed by atoms with Crippen molar-refractivity contribution in [1.82, 2.24) is 4.98 Å². The number of anilines is 1. The monoisotopic (exact) mass is 190 g/mol. The highest BCUT2D eigenvalue weighted by Gasteiger charge is 2.15. The van der Waals surface area contributed by atoms with Gasteiger partial charge in [-0.25, -0.2) is 8.78 Å². The van der Waals surface area contributed by atoms with E-state index in [4.69, 9.17) is 10.8 Å². The predicted molar refractivity (Wildman–Crippen MR) is 42.4 cm³/mol. The summed E-state index contributed by atoms with van der Waals surface area (Å²) < 4.78 is 24.4. The SMILES string of the molecule is Nc1c(CO)cc(=O)[nH]c1C(F)F. The Morgan fingerprint density at radius 1 is 1.62 bits per heavy atom. The first-order valence-corrected chi connectivity index (χ1v) is 3.47. The fourth-order valence-electron chi connectivity index (χ4n) is 0.948. The van der Waals surface area contributed by atoms with Crippen molar-refractivity contribution in [3.63, 3.8) is 0 Å². The van der Waals surface area contributed by atoms with Gasteiger partial charge in [-0.2, -0.15) is 0 Å². The number of aromatic nitrogens is 1. The number of nitrogens with one attached hydrogen (secondary N) is 1. The molecule has 6 heteroatoms. The molecule has 4 nitrogen and oxygen atoms in total. The second kappa shape index (κ2) is 3.53. The van der Waals surface area contributed by atoms with Crippen LogP contribution in [0.15, 0.2) is 10.9 Å². The Balaban J connectivity index is 3.36. The van der Waals surface area contributed by atoms with Crippen LogP contribution in [0.1, 0.15) is 17.7 Å². The molecule has 0 saturated carbocycles. The number of H-pyrrole nitrogens is 1. The lowest BCUT2D eigenvalue weighted by Crippen LogP contribution is -2.14. The minimum absolute atomic E-state index is 0.0130. The van der Waals surface area contributed by atoms with Gasteiger partial charge in [-0.3, -0.25) is 4.79 Å². The lowest BCUT2D eigenvalue weighted by atomic mass is 10.2. The van der Waals surface area contributed by atoms with Crippen molar-refractivity contribution in [3.8, 4) is 0 Å². The first-order valence-electron chi connectivity index (χ1n) is 3.47. The molecule has 0 spiro atoms. The van der Waals surface area contributed by atoms with E-state index in [1.807, 2.05) is 4.98 Å². The highest BCUT2D eigenvalue weighted by atomic mass is 19.3. The number of alkyl halides is 2. The fourth-order valence-corrected chi connectivity index (χ4v) is 0.948. The average Bonchev–Trinajstić information content (AvgIpc) is 2.08. The van der Waals surface area contributed by atoms with Crippen LogP contribution in [0, 0.1) is 0 Å². The van der Waals surface area contributed by atoms with E-state index < -0.39 is 24.3 Å². The first kappa shape index (κ1) is 9.66. The normalized spacial score (nSPS) is 10.8. The number of rotatable bonds is 2. The highest BCUT2D eigenvalue weighted by Crippen LogP contribution is 2.23. The van der Waals surface area contributed by atoms with Crippen LogP contribution in [0.25, 0.3) is 0 Å². The Labute approximate surface area is 72.0 Å². The zero-order valence-electron chi connectivity index (χ0n) is 6.55. The van der Waals surface area contributed by atoms with Gasteiger partial charge in [0, 0.05) is 11.6 Å². The van der Waals surface area contributed by atoms with Gasteiger partial charge in [0.2, 0.25) is 5.56 Å². The molecule has 1 aromatic heterocycles. The van der Waals surface area contributed by atoms with Gasteiger partial charge in [-0.15, -0.1) is 0 Å². The van der Waals surface area contributed by atoms with E-state index >= 15 is 0 Å². The van der Waals surface area contributed by atoms with E-state index in [1.54, 1.807) is 0 Å². The van der Waals surface area contributed by atoms with E-state index in [0.717, 1.165) is 6.07 Å². The average molecular weight is 190 g/mol. The molecular formula is C7H8F2N2O2. The Morgan fingerprint density at radius 3 is 2.69 bits per heavy atom. The van der Waals surface area contributed by atoms with Gasteiger partial charge in [0.05, 0.1) is 12.3 Å². The number of aliphatic hydroxyl groups excluding tert-OH is 1. The number of hydrogen-bond acceptors (Lipinski definition) is 3. The van der Waals surface area contributed by atoms with Crippen molar-refractivity contribution in [3.05, 3.63) is 27.7 Å². The molecule has 0 aliphatic rings. The quantitative estimate of drug-likeness (QED) is 0.631. The molecule has 13 heavy (non-hydrogen) atoms. The second-order valence-corrected chi connectivity index (χ2v) is 2.44. The molecule has 0 atom stereocenters. The smallest absolute Gasteiger partial charge is 0.280 e. The van der Waals surface area contributed by atoms with Crippen LogP contribution in [0.5, 0.6) is 0 Å². The summed E-state index contributed by atoms with van der Waals surface area (Å²) in [7, 11) is 0. The number of halogens is 2. The van der Waals surface area contributed by atoms with Crippen molar-refractivity contribution >= 4 is 5.69 Å². The zero-order chi connectivity index (χ0) is 10.0. The van der Waals surface area contributed by atoms with Gasteiger partial charge in [-0.05, 0) is 0 Å². The fraction of sp³-hybridized carbons (Fsp3) is 0.286. The van der Waals surface area contributed by atoms with Crippen molar-refractivity contribution in [2.24, 2.45) is 0 Å². The number of hydrogen-bond donors (Lipinski definition) is 3. The van der Waals surface area contributed by atoms with Crippen LogP contribution in [0.3, 0.4) is 0 Å². The highest BCUT2D eigenvalue weighted by molar-refractivity contribution is 5.50. The largest absolute Gasteiger partial charge is 0.397 e. The molecule has 1 aromatic rings. The number of nitrogens with two attached hydrogens (primary N) is 1. The molecule has 0 saturated heterocycles. The standard InChI is InChI=1S/C7H8F2N2O2/c8-7(9)6-5(10)3(2-12)1-4(13)11-6/h1,7,12H,2,10H2,(H,11,13). The molecule has 0 unspecified atom stereocenters. The van der Waals surface area contributed by atoms with Gasteiger partial charge in [0.1, 0.15) is 5.69 Å². The van der Waals surface area contributed by atoms with E-state index in [9.17, 15) is 13.6 Å². The van der Waals surface area contributed by atoms with Gasteiger partial charge in [0.15, 0.2) is 0 Å². The summed E-state index contributed by atoms with van der Waals surface area (Å²) in [6.07, 6.45) is -2.85. The minimum atomic E-state index is -2.85. The van der Waals surface area contributed by atoms with Gasteiger partial charge in [-0.1, -0.05) is 0 Å². The number of pyridine rings is 1. The topological polar surface area (TPSA) is 79.1 Å². The summed E-state index contributed by atoms with van der Waals surface area (Å²) in [5.74, 6) is 0. The molecule has 4 N–H and O–H groups in total. The number of nitrogen functional groups attached to an aromatic ring is 1. The lowest BCUT2D eigenvalue weighted by Gasteiger charge is -2.07. The van der Waals surface area contributed by atoms with E-state index in [1.165, 1.54) is 0 Å². The summed E-state index contributed by atoms with van der Waals surface area (Å²) in [5, 5.41) is 8.67. The maximum atomic E-state index is 12.2. The molecule has 1 rings (SSSR count). The van der Waals surface area contributed by atoms with E-state index in [2.05, 4.69) is 0 Å². The van der Waals surface area contributed by atoms with Crippen molar-refractivity contribution in [1.29, 1.82) is 0 Å². The molecule has 0 fully saturated rings. The lowest BCUT2D eigenvalue weighted by molar-refractivity contribution is 0.146. The van der Waals surface area contributed by atoms with Crippen LogP contribution < -0.4 is 11.3 Å². The number of aliphatic hydroxyl groups is 1. The maximum absolute atomic E-state index is 12.2. The summed E-state index contributed by atoms with van der Waals surface area (Å²) in [6.45, 7) is -0.532. The van der Waals surface area contributed by atoms with Crippen molar-refractivity contribution in [2.75, 3.05) is 5.73 Å². The molecule has 0 aliphatic heterocycles. The molecule has 0 bridgehead atoms. The molecular weight excluding hydrogens is 182 g/mol. The van der Waals surface area contributed by atoms with Gasteiger partial charge in [0.25, 0.3) is 6.43 Å². The van der Waals surface area contributed by atoms with Crippen LogP contribution in [-0.4, -0.2) is 10.1 Å². The molecule has 0 amide bonds.